The molecule has 1 fully saturated rings. The van der Waals surface area contributed by atoms with Crippen molar-refractivity contribution in [3.05, 3.63) is 47.0 Å². The number of ether oxygens (including phenoxy) is 1. The van der Waals surface area contributed by atoms with Crippen LogP contribution in [0.3, 0.4) is 0 Å². The van der Waals surface area contributed by atoms with Crippen molar-refractivity contribution >= 4 is 0 Å². The number of benzene rings is 2. The van der Waals surface area contributed by atoms with Gasteiger partial charge in [-0.1, -0.05) is 25.0 Å². The Morgan fingerprint density at radius 1 is 1.06 bits per heavy atom. The molecule has 1 aliphatic carbocycles. The molecule has 0 amide bonds. The lowest BCUT2D eigenvalue weighted by Crippen LogP contribution is -2.36. The first kappa shape index (κ1) is 21.8. The summed E-state index contributed by atoms with van der Waals surface area (Å²) in [6.07, 6.45) is 5.36. The standard InChI is InChI=1S/C26H32N4O3/c1-16(2)21-14-22(24(32)15-23(21)31)25-27-28-26(33-20-9-11-29(3)12-10-20)30(25)19-8-7-17-5-4-6-18(17)13-19/h7-8,13-16,20,31-32H,4-6,9-12H2,1-3H3/p+1. The summed E-state index contributed by atoms with van der Waals surface area (Å²) in [5.41, 5.74) is 5.15. The van der Waals surface area contributed by atoms with Gasteiger partial charge in [-0.25, -0.2) is 4.57 Å². The maximum atomic E-state index is 10.4. The molecule has 7 heteroatoms. The highest BCUT2D eigenvalue weighted by Crippen LogP contribution is 2.39. The monoisotopic (exact) mass is 449 g/mol. The lowest BCUT2D eigenvalue weighted by Gasteiger charge is -2.28. The summed E-state index contributed by atoms with van der Waals surface area (Å²) < 4.78 is 8.35. The number of hydrogen-bond donors (Lipinski definition) is 1. The number of fused-ring (bicyclic) bond motifs is 1. The van der Waals surface area contributed by atoms with E-state index in [0.29, 0.717) is 17.4 Å². The summed E-state index contributed by atoms with van der Waals surface area (Å²) in [7, 11) is 2.13. The fraction of sp³-hybridized carbons (Fsp3) is 0.462. The average molecular weight is 450 g/mol. The number of phenolic OH excluding ortho intramolecular Hbond substituents is 1. The second kappa shape index (κ2) is 8.71. The van der Waals surface area contributed by atoms with E-state index in [1.165, 1.54) is 23.6 Å². The summed E-state index contributed by atoms with van der Waals surface area (Å²) in [6.45, 7) is 6.05. The summed E-state index contributed by atoms with van der Waals surface area (Å²) >= 11 is 0. The van der Waals surface area contributed by atoms with Gasteiger partial charge in [-0.15, -0.1) is 5.10 Å². The predicted octanol–water partition coefficient (Wildman–Crippen LogP) is 4.16. The topological polar surface area (TPSA) is 86.3 Å². The van der Waals surface area contributed by atoms with Gasteiger partial charge in [0, 0.05) is 13.1 Å². The molecule has 1 aliphatic heterocycles. The van der Waals surface area contributed by atoms with E-state index >= 15 is 0 Å². The van der Waals surface area contributed by atoms with E-state index < -0.39 is 0 Å². The predicted molar refractivity (Wildman–Crippen MR) is 129 cm³/mol. The maximum Gasteiger partial charge on any atom is 0.322 e. The van der Waals surface area contributed by atoms with Gasteiger partial charge in [0.1, 0.15) is 17.4 Å². The van der Waals surface area contributed by atoms with Crippen LogP contribution in [0.5, 0.6) is 17.5 Å². The third kappa shape index (κ3) is 4.17. The fourth-order valence-electron chi connectivity index (χ4n) is 4.96. The van der Waals surface area contributed by atoms with Gasteiger partial charge in [0.25, 0.3) is 5.75 Å². The number of rotatable bonds is 5. The highest BCUT2D eigenvalue weighted by Gasteiger charge is 2.27. The van der Waals surface area contributed by atoms with Crippen LogP contribution in [0, 0.1) is 0 Å². The van der Waals surface area contributed by atoms with E-state index in [-0.39, 0.29) is 23.5 Å². The lowest BCUT2D eigenvalue weighted by atomic mass is 9.98. The third-order valence-electron chi connectivity index (χ3n) is 6.94. The zero-order chi connectivity index (χ0) is 23.1. The van der Waals surface area contributed by atoms with Gasteiger partial charge in [-0.05, 0) is 80.0 Å². The normalized spacial score (nSPS) is 17.0. The minimum atomic E-state index is 0.0907. The van der Waals surface area contributed by atoms with E-state index in [1.54, 1.807) is 0 Å². The molecule has 0 radical (unpaired) electrons. The minimum absolute atomic E-state index is 0.0907. The van der Waals surface area contributed by atoms with Crippen LogP contribution in [0.2, 0.25) is 0 Å². The molecule has 1 saturated heterocycles. The van der Waals surface area contributed by atoms with Crippen molar-refractivity contribution in [1.29, 1.82) is 0 Å². The second-order valence-corrected chi connectivity index (χ2v) is 9.68. The molecule has 0 atom stereocenters. The summed E-state index contributed by atoms with van der Waals surface area (Å²) in [5.74, 6) is 1.06. The molecule has 174 valence electrons. The number of piperidine rings is 1. The first-order chi connectivity index (χ1) is 15.9. The molecule has 2 heterocycles. The lowest BCUT2D eigenvalue weighted by molar-refractivity contribution is 0.103. The van der Waals surface area contributed by atoms with Crippen molar-refractivity contribution in [2.24, 2.45) is 0 Å². The molecule has 5 rings (SSSR count). The molecule has 0 spiro atoms. The van der Waals surface area contributed by atoms with Gasteiger partial charge in [-0.2, -0.15) is 0 Å². The van der Waals surface area contributed by atoms with Gasteiger partial charge in [0.05, 0.1) is 11.8 Å². The Hall–Kier alpha value is -3.06. The molecular weight excluding hydrogens is 416 g/mol. The van der Waals surface area contributed by atoms with E-state index in [1.807, 2.05) is 24.5 Å². The molecule has 0 bridgehead atoms. The van der Waals surface area contributed by atoms with Gasteiger partial charge < -0.3 is 19.8 Å². The Morgan fingerprint density at radius 3 is 2.58 bits per heavy atom. The van der Waals surface area contributed by atoms with Crippen LogP contribution in [0.4, 0.5) is 0 Å². The molecular formula is C26H33N4O3+. The van der Waals surface area contributed by atoms with E-state index in [9.17, 15) is 5.11 Å². The number of aromatic nitrogens is 3. The van der Waals surface area contributed by atoms with Crippen molar-refractivity contribution in [3.8, 4) is 34.6 Å². The van der Waals surface area contributed by atoms with Crippen molar-refractivity contribution < 1.29 is 14.9 Å². The molecule has 3 N–H and O–H groups in total. The minimum Gasteiger partial charge on any atom is -0.593 e. The Morgan fingerprint density at radius 2 is 1.82 bits per heavy atom. The smallest absolute Gasteiger partial charge is 0.322 e. The molecule has 33 heavy (non-hydrogen) atoms. The number of aromatic hydroxyl groups is 1. The molecule has 3 aromatic rings. The van der Waals surface area contributed by atoms with Crippen LogP contribution in [-0.4, -0.2) is 56.1 Å². The molecule has 2 aliphatic rings. The fourth-order valence-corrected chi connectivity index (χ4v) is 4.96. The van der Waals surface area contributed by atoms with E-state index in [4.69, 9.17) is 9.84 Å². The average Bonchev–Trinajstić information content (AvgIpc) is 3.41. The van der Waals surface area contributed by atoms with Gasteiger partial charge in [0.15, 0.2) is 5.82 Å². The number of likely N-dealkylation sites (tertiary alicyclic amines) is 1. The van der Waals surface area contributed by atoms with Crippen molar-refractivity contribution in [3.63, 3.8) is 0 Å². The highest BCUT2D eigenvalue weighted by molar-refractivity contribution is 5.70. The van der Waals surface area contributed by atoms with Crippen LogP contribution in [0.15, 0.2) is 30.3 Å². The Balaban J connectivity index is 1.62. The quantitative estimate of drug-likeness (QED) is 0.591. The number of phenols is 1. The second-order valence-electron chi connectivity index (χ2n) is 9.68. The number of aryl methyl sites for hydroxylation is 2. The highest BCUT2D eigenvalue weighted by atomic mass is 16.5. The molecule has 0 saturated carbocycles. The van der Waals surface area contributed by atoms with Crippen LogP contribution in [0.1, 0.15) is 55.7 Å². The first-order valence-electron chi connectivity index (χ1n) is 11.9. The molecule has 1 aromatic heterocycles. The van der Waals surface area contributed by atoms with Gasteiger partial charge in [-0.3, -0.25) is 0 Å². The number of nitrogens with zero attached hydrogens (tertiary/aromatic N) is 4. The van der Waals surface area contributed by atoms with Crippen molar-refractivity contribution in [1.82, 2.24) is 19.7 Å². The third-order valence-corrected chi connectivity index (χ3v) is 6.94. The largest absolute Gasteiger partial charge is 0.593 e. The Bertz CT molecular complexity index is 1160. The Kier molecular flexibility index (Phi) is 5.74. The zero-order valence-electron chi connectivity index (χ0n) is 19.6. The molecule has 2 aromatic carbocycles. The van der Waals surface area contributed by atoms with E-state index in [2.05, 4.69) is 40.3 Å². The summed E-state index contributed by atoms with van der Waals surface area (Å²) in [4.78, 5) is 2.31. The maximum absolute atomic E-state index is 10.4. The van der Waals surface area contributed by atoms with Crippen LogP contribution in [0.25, 0.3) is 17.1 Å². The first-order valence-corrected chi connectivity index (χ1v) is 11.9. The Labute approximate surface area is 194 Å². The van der Waals surface area contributed by atoms with Crippen molar-refractivity contribution in [2.45, 2.75) is 58.0 Å². The van der Waals surface area contributed by atoms with Crippen LogP contribution < -0.4 is 4.74 Å². The number of hydrogen-bond acceptors (Lipinski definition) is 5. The van der Waals surface area contributed by atoms with Crippen LogP contribution in [-0.2, 0) is 12.8 Å². The van der Waals surface area contributed by atoms with Crippen molar-refractivity contribution in [2.75, 3.05) is 20.1 Å². The molecule has 0 unspecified atom stereocenters. The summed E-state index contributed by atoms with van der Waals surface area (Å²) in [6, 6.07) is 10.4. The van der Waals surface area contributed by atoms with Gasteiger partial charge >= 0.3 is 6.01 Å². The zero-order valence-corrected chi connectivity index (χ0v) is 19.6. The SMILES string of the molecule is CC(C)c1cc(-c2nnc(OC3CCN(C)CC3)n2-c2ccc3c(c2)CCC3)c([OH2+])cc1O. The molecule has 7 nitrogen and oxygen atoms in total. The van der Waals surface area contributed by atoms with Crippen LogP contribution >= 0.6 is 0 Å². The van der Waals surface area contributed by atoms with E-state index in [0.717, 1.165) is 50.0 Å². The van der Waals surface area contributed by atoms with Gasteiger partial charge in [0.2, 0.25) is 0 Å². The summed E-state index contributed by atoms with van der Waals surface area (Å²) in [5, 5.41) is 27.9.